The SMILES string of the molecule is COC(=O)CC(NC(=O)CN(c1ccccc1C)S(C)(=O)=O)c1ccccc1. The zero-order chi connectivity index (χ0) is 20.7. The lowest BCUT2D eigenvalue weighted by Crippen LogP contribution is -2.42. The van der Waals surface area contributed by atoms with Gasteiger partial charge in [0, 0.05) is 0 Å². The van der Waals surface area contributed by atoms with Gasteiger partial charge in [0.1, 0.15) is 6.54 Å². The third-order valence-corrected chi connectivity index (χ3v) is 5.33. The monoisotopic (exact) mass is 404 g/mol. The summed E-state index contributed by atoms with van der Waals surface area (Å²) in [7, 11) is -2.41. The molecule has 0 bridgehead atoms. The fourth-order valence-electron chi connectivity index (χ4n) is 2.78. The van der Waals surface area contributed by atoms with Gasteiger partial charge in [0.25, 0.3) is 0 Å². The minimum absolute atomic E-state index is 0.0600. The molecule has 7 nitrogen and oxygen atoms in total. The van der Waals surface area contributed by atoms with E-state index in [1.54, 1.807) is 55.5 Å². The highest BCUT2D eigenvalue weighted by molar-refractivity contribution is 7.92. The number of ether oxygens (including phenoxy) is 1. The predicted molar refractivity (Wildman–Crippen MR) is 107 cm³/mol. The molecular weight excluding hydrogens is 380 g/mol. The Morgan fingerprint density at radius 1 is 1.07 bits per heavy atom. The third kappa shape index (κ3) is 5.82. The number of benzene rings is 2. The number of esters is 1. The first-order valence-corrected chi connectivity index (χ1v) is 10.5. The van der Waals surface area contributed by atoms with Crippen molar-refractivity contribution in [3.63, 3.8) is 0 Å². The van der Waals surface area contributed by atoms with Crippen LogP contribution in [0, 0.1) is 6.92 Å². The maximum atomic E-state index is 12.7. The number of nitrogens with one attached hydrogen (secondary N) is 1. The van der Waals surface area contributed by atoms with Crippen LogP contribution in [0.25, 0.3) is 0 Å². The van der Waals surface area contributed by atoms with Crippen LogP contribution >= 0.6 is 0 Å². The number of para-hydroxylation sites is 1. The average Bonchev–Trinajstić information content (AvgIpc) is 2.66. The molecule has 0 aliphatic rings. The van der Waals surface area contributed by atoms with Crippen LogP contribution in [-0.4, -0.2) is 40.2 Å². The molecule has 0 aliphatic carbocycles. The van der Waals surface area contributed by atoms with Crippen LogP contribution in [0.1, 0.15) is 23.6 Å². The number of methoxy groups -OCH3 is 1. The summed E-state index contributed by atoms with van der Waals surface area (Å²) in [5, 5.41) is 2.74. The van der Waals surface area contributed by atoms with E-state index in [9.17, 15) is 18.0 Å². The molecule has 28 heavy (non-hydrogen) atoms. The van der Waals surface area contributed by atoms with Crippen LogP contribution in [0.2, 0.25) is 0 Å². The van der Waals surface area contributed by atoms with Gasteiger partial charge in [-0.05, 0) is 24.1 Å². The Morgan fingerprint density at radius 3 is 2.25 bits per heavy atom. The van der Waals surface area contributed by atoms with E-state index < -0.39 is 34.5 Å². The fourth-order valence-corrected chi connectivity index (χ4v) is 3.70. The molecule has 0 saturated carbocycles. The van der Waals surface area contributed by atoms with Crippen molar-refractivity contribution < 1.29 is 22.7 Å². The number of aryl methyl sites for hydroxylation is 1. The topological polar surface area (TPSA) is 92.8 Å². The second kappa shape index (κ2) is 9.36. The van der Waals surface area contributed by atoms with Crippen molar-refractivity contribution in [2.75, 3.05) is 24.2 Å². The summed E-state index contributed by atoms with van der Waals surface area (Å²) in [6.45, 7) is 1.38. The minimum atomic E-state index is -3.68. The number of hydrogen-bond acceptors (Lipinski definition) is 5. The van der Waals surface area contributed by atoms with Gasteiger partial charge < -0.3 is 10.1 Å². The van der Waals surface area contributed by atoms with Crippen LogP contribution < -0.4 is 9.62 Å². The quantitative estimate of drug-likeness (QED) is 0.681. The molecule has 8 heteroatoms. The molecule has 2 rings (SSSR count). The number of anilines is 1. The number of carbonyl (C=O) groups excluding carboxylic acids is 2. The van der Waals surface area contributed by atoms with E-state index in [-0.39, 0.29) is 6.42 Å². The smallest absolute Gasteiger partial charge is 0.307 e. The molecule has 0 radical (unpaired) electrons. The molecule has 1 atom stereocenters. The Kier molecular flexibility index (Phi) is 7.17. The number of rotatable bonds is 8. The maximum absolute atomic E-state index is 12.7. The van der Waals surface area contributed by atoms with Gasteiger partial charge in [0.15, 0.2) is 0 Å². The lowest BCUT2D eigenvalue weighted by molar-refractivity contribution is -0.141. The lowest BCUT2D eigenvalue weighted by Gasteiger charge is -2.25. The molecule has 150 valence electrons. The molecular formula is C20H24N2O5S. The minimum Gasteiger partial charge on any atom is -0.469 e. The van der Waals surface area contributed by atoms with Gasteiger partial charge in [-0.1, -0.05) is 48.5 Å². The van der Waals surface area contributed by atoms with E-state index in [1.165, 1.54) is 7.11 Å². The van der Waals surface area contributed by atoms with Gasteiger partial charge in [0.2, 0.25) is 15.9 Å². The van der Waals surface area contributed by atoms with E-state index in [0.29, 0.717) is 5.69 Å². The molecule has 0 aliphatic heterocycles. The van der Waals surface area contributed by atoms with Crippen molar-refractivity contribution in [2.45, 2.75) is 19.4 Å². The molecule has 2 aromatic rings. The number of hydrogen-bond donors (Lipinski definition) is 1. The van der Waals surface area contributed by atoms with Crippen molar-refractivity contribution in [3.05, 3.63) is 65.7 Å². The van der Waals surface area contributed by atoms with E-state index in [2.05, 4.69) is 5.32 Å². The third-order valence-electron chi connectivity index (χ3n) is 4.21. The fraction of sp³-hybridized carbons (Fsp3) is 0.300. The summed E-state index contributed by atoms with van der Waals surface area (Å²) >= 11 is 0. The van der Waals surface area contributed by atoms with Gasteiger partial charge >= 0.3 is 5.97 Å². The zero-order valence-corrected chi connectivity index (χ0v) is 16.9. The van der Waals surface area contributed by atoms with Gasteiger partial charge in [-0.3, -0.25) is 13.9 Å². The Balaban J connectivity index is 2.24. The van der Waals surface area contributed by atoms with Crippen LogP contribution in [0.3, 0.4) is 0 Å². The molecule has 2 aromatic carbocycles. The van der Waals surface area contributed by atoms with Crippen molar-refractivity contribution in [1.29, 1.82) is 0 Å². The summed E-state index contributed by atoms with van der Waals surface area (Å²) in [4.78, 5) is 24.4. The number of sulfonamides is 1. The van der Waals surface area contributed by atoms with Crippen molar-refractivity contribution in [2.24, 2.45) is 0 Å². The largest absolute Gasteiger partial charge is 0.469 e. The van der Waals surface area contributed by atoms with E-state index >= 15 is 0 Å². The highest BCUT2D eigenvalue weighted by atomic mass is 32.2. The first kappa shape index (κ1) is 21.4. The van der Waals surface area contributed by atoms with E-state index in [0.717, 1.165) is 21.7 Å². The van der Waals surface area contributed by atoms with Crippen LogP contribution in [0.4, 0.5) is 5.69 Å². The molecule has 0 heterocycles. The van der Waals surface area contributed by atoms with Gasteiger partial charge in [0.05, 0.1) is 31.5 Å². The number of carbonyl (C=O) groups is 2. The van der Waals surface area contributed by atoms with Crippen molar-refractivity contribution in [3.8, 4) is 0 Å². The Bertz CT molecular complexity index is 929. The second-order valence-electron chi connectivity index (χ2n) is 6.37. The molecule has 0 aromatic heterocycles. The Morgan fingerprint density at radius 2 is 1.68 bits per heavy atom. The molecule has 1 amide bonds. The lowest BCUT2D eigenvalue weighted by atomic mass is 10.0. The maximum Gasteiger partial charge on any atom is 0.307 e. The Labute approximate surface area is 165 Å². The molecule has 1 N–H and O–H groups in total. The van der Waals surface area contributed by atoms with Crippen LogP contribution in [0.15, 0.2) is 54.6 Å². The molecule has 0 fully saturated rings. The molecule has 1 unspecified atom stereocenters. The van der Waals surface area contributed by atoms with Crippen LogP contribution in [-0.2, 0) is 24.3 Å². The van der Waals surface area contributed by atoms with Gasteiger partial charge in [-0.2, -0.15) is 0 Å². The number of nitrogens with zero attached hydrogens (tertiary/aromatic N) is 1. The van der Waals surface area contributed by atoms with Gasteiger partial charge in [-0.15, -0.1) is 0 Å². The second-order valence-corrected chi connectivity index (χ2v) is 8.27. The molecule has 0 spiro atoms. The summed E-state index contributed by atoms with van der Waals surface area (Å²) in [6, 6.07) is 15.3. The summed E-state index contributed by atoms with van der Waals surface area (Å²) in [5.74, 6) is -1.00. The van der Waals surface area contributed by atoms with Crippen LogP contribution in [0.5, 0.6) is 0 Å². The summed E-state index contributed by atoms with van der Waals surface area (Å²) in [6.07, 6.45) is 0.991. The zero-order valence-electron chi connectivity index (χ0n) is 16.1. The van der Waals surface area contributed by atoms with Crippen molar-refractivity contribution in [1.82, 2.24) is 5.32 Å². The number of amides is 1. The normalized spacial score (nSPS) is 12.1. The van der Waals surface area contributed by atoms with E-state index in [1.807, 2.05) is 6.07 Å². The highest BCUT2D eigenvalue weighted by Crippen LogP contribution is 2.22. The molecule has 0 saturated heterocycles. The first-order valence-electron chi connectivity index (χ1n) is 8.67. The standard InChI is InChI=1S/C20H24N2O5S/c1-15-9-7-8-12-18(15)22(28(3,25)26)14-19(23)21-17(13-20(24)27-2)16-10-5-4-6-11-16/h4-12,17H,13-14H2,1-3H3,(H,21,23). The average molecular weight is 404 g/mol. The predicted octanol–water partition coefficient (Wildman–Crippen LogP) is 2.18. The summed E-state index contributed by atoms with van der Waals surface area (Å²) < 4.78 is 30.3. The first-order chi connectivity index (χ1) is 13.2. The summed E-state index contributed by atoms with van der Waals surface area (Å²) in [5.41, 5.74) is 1.89. The Hall–Kier alpha value is -2.87. The van der Waals surface area contributed by atoms with Crippen molar-refractivity contribution >= 4 is 27.6 Å². The highest BCUT2D eigenvalue weighted by Gasteiger charge is 2.25. The van der Waals surface area contributed by atoms with E-state index in [4.69, 9.17) is 4.74 Å². The van der Waals surface area contributed by atoms with Gasteiger partial charge in [-0.25, -0.2) is 8.42 Å².